The van der Waals surface area contributed by atoms with Crippen LogP contribution in [0.25, 0.3) is 10.7 Å². The van der Waals surface area contributed by atoms with Gasteiger partial charge in [0.25, 0.3) is 0 Å². The summed E-state index contributed by atoms with van der Waals surface area (Å²) < 4.78 is 31.0. The first-order valence-electron chi connectivity index (χ1n) is 7.71. The number of aromatic nitrogens is 5. The van der Waals surface area contributed by atoms with Crippen molar-refractivity contribution in [2.75, 3.05) is 7.05 Å². The molecule has 0 aliphatic rings. The Bertz CT molecular complexity index is 880. The van der Waals surface area contributed by atoms with Crippen LogP contribution in [0.2, 0.25) is 0 Å². The molecule has 0 N–H and O–H groups in total. The molecule has 0 amide bonds. The molecule has 0 aliphatic heterocycles. The SMILES string of the molecule is CCn1c(-c2cccs2)nn(CN(C)Cc2nccn2C(F)F)c1=S. The Balaban J connectivity index is 1.81. The van der Waals surface area contributed by atoms with Crippen molar-refractivity contribution in [3.05, 3.63) is 40.5 Å². The predicted octanol–water partition coefficient (Wildman–Crippen LogP) is 3.84. The van der Waals surface area contributed by atoms with Crippen LogP contribution >= 0.6 is 23.6 Å². The lowest BCUT2D eigenvalue weighted by Crippen LogP contribution is -2.24. The Labute approximate surface area is 153 Å². The summed E-state index contributed by atoms with van der Waals surface area (Å²) in [6.45, 7) is 0.790. The van der Waals surface area contributed by atoms with Crippen LogP contribution in [0.4, 0.5) is 8.78 Å². The molecule has 3 aromatic rings. The lowest BCUT2D eigenvalue weighted by Gasteiger charge is -2.16. The van der Waals surface area contributed by atoms with E-state index in [9.17, 15) is 8.78 Å². The van der Waals surface area contributed by atoms with Gasteiger partial charge >= 0.3 is 6.55 Å². The van der Waals surface area contributed by atoms with Crippen LogP contribution in [-0.4, -0.2) is 35.8 Å². The molecule has 0 aliphatic carbocycles. The summed E-state index contributed by atoms with van der Waals surface area (Å²) in [5.74, 6) is 1.13. The zero-order valence-electron chi connectivity index (χ0n) is 13.8. The minimum absolute atomic E-state index is 0.270. The summed E-state index contributed by atoms with van der Waals surface area (Å²) in [4.78, 5) is 6.90. The van der Waals surface area contributed by atoms with Crippen molar-refractivity contribution in [3.8, 4) is 10.7 Å². The highest BCUT2D eigenvalue weighted by Gasteiger charge is 2.16. The second kappa shape index (κ2) is 7.54. The quantitative estimate of drug-likeness (QED) is 0.581. The summed E-state index contributed by atoms with van der Waals surface area (Å²) in [7, 11) is 1.82. The minimum Gasteiger partial charge on any atom is -0.300 e. The summed E-state index contributed by atoms with van der Waals surface area (Å²) in [5, 5.41) is 6.61. The number of nitrogens with zero attached hydrogens (tertiary/aromatic N) is 6. The summed E-state index contributed by atoms with van der Waals surface area (Å²) in [6.07, 6.45) is 2.65. The van der Waals surface area contributed by atoms with E-state index in [0.717, 1.165) is 15.3 Å². The molecular formula is C15H18F2N6S2. The second-order valence-electron chi connectivity index (χ2n) is 5.51. The third kappa shape index (κ3) is 3.70. The maximum Gasteiger partial charge on any atom is 0.319 e. The molecule has 0 spiro atoms. The van der Waals surface area contributed by atoms with E-state index in [0.29, 0.717) is 23.8 Å². The molecule has 0 unspecified atom stereocenters. The molecule has 25 heavy (non-hydrogen) atoms. The van der Waals surface area contributed by atoms with Crippen molar-refractivity contribution < 1.29 is 8.78 Å². The third-order valence-corrected chi connectivity index (χ3v) is 5.02. The van der Waals surface area contributed by atoms with Crippen LogP contribution in [0.1, 0.15) is 19.3 Å². The Morgan fingerprint density at radius 1 is 1.40 bits per heavy atom. The fourth-order valence-corrected chi connectivity index (χ4v) is 3.60. The van der Waals surface area contributed by atoms with Crippen LogP contribution in [-0.2, 0) is 19.8 Å². The number of alkyl halides is 2. The molecular weight excluding hydrogens is 366 g/mol. The first-order chi connectivity index (χ1) is 12.0. The van der Waals surface area contributed by atoms with Crippen molar-refractivity contribution in [1.29, 1.82) is 0 Å². The summed E-state index contributed by atoms with van der Waals surface area (Å²) in [5.41, 5.74) is 0. The predicted molar refractivity (Wildman–Crippen MR) is 95.0 cm³/mol. The standard InChI is InChI=1S/C15H18F2N6S2/c1-3-21-13(11-5-4-8-25-11)19-23(15(21)24)10-20(2)9-12-18-6-7-22(12)14(16)17/h4-8,14H,3,9-10H2,1-2H3. The highest BCUT2D eigenvalue weighted by atomic mass is 32.1. The topological polar surface area (TPSA) is 43.8 Å². The normalized spacial score (nSPS) is 11.8. The van der Waals surface area contributed by atoms with Gasteiger partial charge in [0.1, 0.15) is 5.82 Å². The van der Waals surface area contributed by atoms with E-state index in [-0.39, 0.29) is 6.54 Å². The molecule has 3 aromatic heterocycles. The zero-order chi connectivity index (χ0) is 18.0. The van der Waals surface area contributed by atoms with Gasteiger partial charge in [0, 0.05) is 18.9 Å². The number of rotatable bonds is 7. The Kier molecular flexibility index (Phi) is 5.40. The van der Waals surface area contributed by atoms with Crippen LogP contribution in [0.15, 0.2) is 29.9 Å². The van der Waals surface area contributed by atoms with Crippen molar-refractivity contribution in [2.45, 2.75) is 33.2 Å². The van der Waals surface area contributed by atoms with Gasteiger partial charge < -0.3 is 0 Å². The van der Waals surface area contributed by atoms with Crippen LogP contribution < -0.4 is 0 Å². The zero-order valence-corrected chi connectivity index (χ0v) is 15.5. The fraction of sp³-hybridized carbons (Fsp3) is 0.400. The maximum absolute atomic E-state index is 12.9. The van der Waals surface area contributed by atoms with Gasteiger partial charge in [-0.1, -0.05) is 6.07 Å². The van der Waals surface area contributed by atoms with Crippen molar-refractivity contribution in [1.82, 2.24) is 28.8 Å². The molecule has 134 valence electrons. The molecule has 0 aromatic carbocycles. The van der Waals surface area contributed by atoms with E-state index in [4.69, 9.17) is 12.2 Å². The third-order valence-electron chi connectivity index (χ3n) is 3.73. The molecule has 10 heteroatoms. The number of hydrogen-bond donors (Lipinski definition) is 0. The van der Waals surface area contributed by atoms with E-state index < -0.39 is 6.55 Å². The van der Waals surface area contributed by atoms with Gasteiger partial charge in [-0.2, -0.15) is 8.78 Å². The van der Waals surface area contributed by atoms with E-state index >= 15 is 0 Å². The van der Waals surface area contributed by atoms with Gasteiger partial charge in [0.05, 0.1) is 18.1 Å². The summed E-state index contributed by atoms with van der Waals surface area (Å²) >= 11 is 7.12. The molecule has 6 nitrogen and oxygen atoms in total. The number of hydrogen-bond acceptors (Lipinski definition) is 5. The van der Waals surface area contributed by atoms with Crippen LogP contribution in [0.3, 0.4) is 0 Å². The van der Waals surface area contributed by atoms with Gasteiger partial charge in [-0.05, 0) is 37.6 Å². The Morgan fingerprint density at radius 3 is 2.84 bits per heavy atom. The largest absolute Gasteiger partial charge is 0.319 e. The smallest absolute Gasteiger partial charge is 0.300 e. The maximum atomic E-state index is 12.9. The fourth-order valence-electron chi connectivity index (χ4n) is 2.57. The molecule has 0 atom stereocenters. The average molecular weight is 384 g/mol. The number of thiophene rings is 1. The second-order valence-corrected chi connectivity index (χ2v) is 6.82. The molecule has 0 fully saturated rings. The van der Waals surface area contributed by atoms with Gasteiger partial charge in [-0.15, -0.1) is 16.4 Å². The van der Waals surface area contributed by atoms with Crippen molar-refractivity contribution in [3.63, 3.8) is 0 Å². The lowest BCUT2D eigenvalue weighted by molar-refractivity contribution is 0.0636. The molecule has 0 radical (unpaired) electrons. The summed E-state index contributed by atoms with van der Waals surface area (Å²) in [6, 6.07) is 3.97. The molecule has 3 rings (SSSR count). The van der Waals surface area contributed by atoms with Gasteiger partial charge in [0.15, 0.2) is 10.6 Å². The first-order valence-corrected chi connectivity index (χ1v) is 9.00. The number of imidazole rings is 1. The molecule has 0 saturated heterocycles. The van der Waals surface area contributed by atoms with Gasteiger partial charge in [-0.25, -0.2) is 9.67 Å². The molecule has 3 heterocycles. The van der Waals surface area contributed by atoms with Crippen molar-refractivity contribution in [2.24, 2.45) is 0 Å². The lowest BCUT2D eigenvalue weighted by atomic mass is 10.4. The average Bonchev–Trinajstić information content (AvgIpc) is 3.28. The van der Waals surface area contributed by atoms with Gasteiger partial charge in [0.2, 0.25) is 0 Å². The highest BCUT2D eigenvalue weighted by Crippen LogP contribution is 2.23. The highest BCUT2D eigenvalue weighted by molar-refractivity contribution is 7.71. The van der Waals surface area contributed by atoms with E-state index in [1.807, 2.05) is 41.0 Å². The van der Waals surface area contributed by atoms with E-state index in [2.05, 4.69) is 10.1 Å². The minimum atomic E-state index is -2.60. The molecule has 0 saturated carbocycles. The first kappa shape index (κ1) is 17.9. The van der Waals surface area contributed by atoms with Crippen LogP contribution in [0, 0.1) is 4.77 Å². The Morgan fingerprint density at radius 2 is 2.20 bits per heavy atom. The Hall–Kier alpha value is -1.91. The molecule has 0 bridgehead atoms. The van der Waals surface area contributed by atoms with Gasteiger partial charge in [-0.3, -0.25) is 14.0 Å². The van der Waals surface area contributed by atoms with E-state index in [1.54, 1.807) is 16.0 Å². The monoisotopic (exact) mass is 384 g/mol. The number of halogens is 2. The van der Waals surface area contributed by atoms with Crippen molar-refractivity contribution >= 4 is 23.6 Å². The van der Waals surface area contributed by atoms with E-state index in [1.165, 1.54) is 12.4 Å². The van der Waals surface area contributed by atoms with Crippen LogP contribution in [0.5, 0.6) is 0 Å².